The second-order valence-electron chi connectivity index (χ2n) is 2.28. The minimum atomic E-state index is -0.781. The lowest BCUT2D eigenvalue weighted by Gasteiger charge is -1.98. The fourth-order valence-electron chi connectivity index (χ4n) is 0.695. The van der Waals surface area contributed by atoms with Gasteiger partial charge >= 0.3 is 5.97 Å². The van der Waals surface area contributed by atoms with Gasteiger partial charge < -0.3 is 10.4 Å². The van der Waals surface area contributed by atoms with Crippen molar-refractivity contribution in [2.24, 2.45) is 0 Å². The molecule has 0 rings (SSSR count). The summed E-state index contributed by atoms with van der Waals surface area (Å²) in [5.74, 6) is -0.781. The Labute approximate surface area is 73.6 Å². The zero-order valence-electron chi connectivity index (χ0n) is 6.80. The molecule has 0 spiro atoms. The molecular weight excluding hydrogens is 166 g/mol. The lowest BCUT2D eigenvalue weighted by atomic mass is 10.2. The van der Waals surface area contributed by atoms with Crippen molar-refractivity contribution in [2.45, 2.75) is 26.2 Å². The van der Waals surface area contributed by atoms with Crippen LogP contribution in [0.25, 0.3) is 0 Å². The molecule has 0 fully saturated rings. The second kappa shape index (κ2) is 9.72. The Kier molecular flexibility index (Phi) is 11.8. The summed E-state index contributed by atoms with van der Waals surface area (Å²) in [4.78, 5) is 9.97. The molecule has 11 heavy (non-hydrogen) atoms. The minimum absolute atomic E-state index is 0. The van der Waals surface area contributed by atoms with Crippen LogP contribution in [-0.2, 0) is 4.79 Å². The Morgan fingerprint density at radius 3 is 2.55 bits per heavy atom. The summed E-state index contributed by atoms with van der Waals surface area (Å²) in [6, 6.07) is 0. The normalized spacial score (nSPS) is 8.82. The number of rotatable bonds is 6. The summed E-state index contributed by atoms with van der Waals surface area (Å²) < 4.78 is 0. The van der Waals surface area contributed by atoms with Gasteiger partial charge in [-0.1, -0.05) is 19.8 Å². The molecule has 2 N–H and O–H groups in total. The van der Waals surface area contributed by atoms with Crippen molar-refractivity contribution >= 4 is 18.4 Å². The molecule has 0 aliphatic carbocycles. The Balaban J connectivity index is 0. The average molecular weight is 182 g/mol. The highest BCUT2D eigenvalue weighted by molar-refractivity contribution is 5.85. The summed E-state index contributed by atoms with van der Waals surface area (Å²) >= 11 is 0. The first-order valence-corrected chi connectivity index (χ1v) is 3.70. The maximum atomic E-state index is 9.97. The van der Waals surface area contributed by atoms with Crippen LogP contribution in [0, 0.1) is 0 Å². The van der Waals surface area contributed by atoms with Gasteiger partial charge in [-0.25, -0.2) is 0 Å². The van der Waals surface area contributed by atoms with E-state index in [1.54, 1.807) is 0 Å². The van der Waals surface area contributed by atoms with Crippen LogP contribution in [0.3, 0.4) is 0 Å². The molecule has 4 heteroatoms. The van der Waals surface area contributed by atoms with Crippen LogP contribution < -0.4 is 5.32 Å². The number of aliphatic carboxylic acids is 1. The first-order chi connectivity index (χ1) is 4.77. The lowest BCUT2D eigenvalue weighted by molar-refractivity contribution is -0.135. The molecule has 3 nitrogen and oxygen atoms in total. The van der Waals surface area contributed by atoms with Gasteiger partial charge in [0.25, 0.3) is 0 Å². The number of nitrogens with one attached hydrogen (secondary N) is 1. The van der Waals surface area contributed by atoms with E-state index in [2.05, 4.69) is 12.2 Å². The molecule has 0 aliphatic rings. The van der Waals surface area contributed by atoms with Crippen molar-refractivity contribution in [3.05, 3.63) is 0 Å². The van der Waals surface area contributed by atoms with Crippen molar-refractivity contribution in [3.8, 4) is 0 Å². The van der Waals surface area contributed by atoms with Crippen LogP contribution >= 0.6 is 12.4 Å². The van der Waals surface area contributed by atoms with E-state index in [4.69, 9.17) is 5.11 Å². The smallest absolute Gasteiger partial charge is 0.317 e. The van der Waals surface area contributed by atoms with Gasteiger partial charge in [0.05, 0.1) is 6.54 Å². The molecule has 0 aromatic carbocycles. The van der Waals surface area contributed by atoms with Crippen molar-refractivity contribution in [3.63, 3.8) is 0 Å². The first kappa shape index (κ1) is 13.3. The van der Waals surface area contributed by atoms with E-state index in [9.17, 15) is 4.79 Å². The highest BCUT2D eigenvalue weighted by Gasteiger charge is 1.92. The number of unbranched alkanes of at least 4 members (excludes halogenated alkanes) is 2. The topological polar surface area (TPSA) is 49.3 Å². The van der Waals surface area contributed by atoms with Crippen molar-refractivity contribution in [1.82, 2.24) is 5.32 Å². The summed E-state index contributed by atoms with van der Waals surface area (Å²) in [7, 11) is 0. The van der Waals surface area contributed by atoms with Crippen molar-refractivity contribution in [2.75, 3.05) is 13.1 Å². The van der Waals surface area contributed by atoms with Crippen LogP contribution in [0.1, 0.15) is 26.2 Å². The van der Waals surface area contributed by atoms with E-state index in [1.165, 1.54) is 12.8 Å². The molecule has 0 aromatic rings. The molecular formula is C7H16ClNO2. The highest BCUT2D eigenvalue weighted by atomic mass is 35.5. The van der Waals surface area contributed by atoms with Gasteiger partial charge in [-0.2, -0.15) is 0 Å². The molecule has 0 saturated heterocycles. The van der Waals surface area contributed by atoms with E-state index in [-0.39, 0.29) is 19.0 Å². The molecule has 0 amide bonds. The quantitative estimate of drug-likeness (QED) is 0.607. The summed E-state index contributed by atoms with van der Waals surface area (Å²) in [6.45, 7) is 3.03. The SMILES string of the molecule is CCCCCNCC(=O)O.Cl. The summed E-state index contributed by atoms with van der Waals surface area (Å²) in [5.41, 5.74) is 0. The second-order valence-corrected chi connectivity index (χ2v) is 2.28. The zero-order chi connectivity index (χ0) is 7.82. The monoisotopic (exact) mass is 181 g/mol. The van der Waals surface area contributed by atoms with Crippen LogP contribution in [0.5, 0.6) is 0 Å². The van der Waals surface area contributed by atoms with Crippen LogP contribution in [-0.4, -0.2) is 24.2 Å². The Morgan fingerprint density at radius 1 is 1.45 bits per heavy atom. The fraction of sp³-hybridized carbons (Fsp3) is 0.857. The molecule has 0 unspecified atom stereocenters. The van der Waals surface area contributed by atoms with Gasteiger partial charge in [0.2, 0.25) is 0 Å². The number of carboxylic acid groups (broad SMARTS) is 1. The maximum Gasteiger partial charge on any atom is 0.317 e. The molecule has 68 valence electrons. The van der Waals surface area contributed by atoms with Gasteiger partial charge in [0.15, 0.2) is 0 Å². The third kappa shape index (κ3) is 12.8. The van der Waals surface area contributed by atoms with Crippen molar-refractivity contribution < 1.29 is 9.90 Å². The number of halogens is 1. The van der Waals surface area contributed by atoms with Crippen LogP contribution in [0.2, 0.25) is 0 Å². The Morgan fingerprint density at radius 2 is 2.09 bits per heavy atom. The average Bonchev–Trinajstić information content (AvgIpc) is 1.87. The van der Waals surface area contributed by atoms with Gasteiger partial charge in [-0.3, -0.25) is 4.79 Å². The fourth-order valence-corrected chi connectivity index (χ4v) is 0.695. The molecule has 0 heterocycles. The molecule has 0 saturated carbocycles. The van der Waals surface area contributed by atoms with Gasteiger partial charge in [-0.15, -0.1) is 12.4 Å². The highest BCUT2D eigenvalue weighted by Crippen LogP contribution is 1.90. The zero-order valence-corrected chi connectivity index (χ0v) is 7.62. The van der Waals surface area contributed by atoms with E-state index >= 15 is 0 Å². The van der Waals surface area contributed by atoms with Crippen LogP contribution in [0.15, 0.2) is 0 Å². The van der Waals surface area contributed by atoms with E-state index < -0.39 is 5.97 Å². The number of hydrogen-bond acceptors (Lipinski definition) is 2. The summed E-state index contributed by atoms with van der Waals surface area (Å²) in [6.07, 6.45) is 3.42. The van der Waals surface area contributed by atoms with Gasteiger partial charge in [0, 0.05) is 0 Å². The number of carboxylic acids is 1. The predicted molar refractivity (Wildman–Crippen MR) is 47.3 cm³/mol. The molecule has 0 bridgehead atoms. The van der Waals surface area contributed by atoms with E-state index in [0.717, 1.165) is 13.0 Å². The molecule has 0 aromatic heterocycles. The minimum Gasteiger partial charge on any atom is -0.480 e. The molecule has 0 atom stereocenters. The van der Waals surface area contributed by atoms with Gasteiger partial charge in [-0.05, 0) is 13.0 Å². The first-order valence-electron chi connectivity index (χ1n) is 3.70. The van der Waals surface area contributed by atoms with Crippen LogP contribution in [0.4, 0.5) is 0 Å². The molecule has 0 aliphatic heterocycles. The number of carbonyl (C=O) groups is 1. The van der Waals surface area contributed by atoms with E-state index in [0.29, 0.717) is 0 Å². The predicted octanol–water partition coefficient (Wildman–Crippen LogP) is 1.27. The van der Waals surface area contributed by atoms with E-state index in [1.807, 2.05) is 0 Å². The number of hydrogen-bond donors (Lipinski definition) is 2. The summed E-state index contributed by atoms with van der Waals surface area (Å²) in [5, 5.41) is 11.0. The lowest BCUT2D eigenvalue weighted by Crippen LogP contribution is -2.23. The standard InChI is InChI=1S/C7H15NO2.ClH/c1-2-3-4-5-8-6-7(9)10;/h8H,2-6H2,1H3,(H,9,10);1H. The Hall–Kier alpha value is -0.280. The maximum absolute atomic E-state index is 9.97. The van der Waals surface area contributed by atoms with Crippen molar-refractivity contribution in [1.29, 1.82) is 0 Å². The molecule has 0 radical (unpaired) electrons. The van der Waals surface area contributed by atoms with Gasteiger partial charge in [0.1, 0.15) is 0 Å². The largest absolute Gasteiger partial charge is 0.480 e. The third-order valence-corrected chi connectivity index (χ3v) is 1.23. The third-order valence-electron chi connectivity index (χ3n) is 1.23. The Bertz CT molecular complexity index is 98.4.